The van der Waals surface area contributed by atoms with E-state index in [0.717, 1.165) is 40.9 Å². The highest BCUT2D eigenvalue weighted by Gasteiger charge is 2.13. The molecule has 3 rings (SSSR count). The summed E-state index contributed by atoms with van der Waals surface area (Å²) in [5.74, 6) is 2.32. The van der Waals surface area contributed by atoms with Gasteiger partial charge < -0.3 is 19.5 Å². The van der Waals surface area contributed by atoms with Gasteiger partial charge in [-0.2, -0.15) is 0 Å². The topological polar surface area (TPSA) is 39.7 Å². The molecule has 3 aromatic rings. The summed E-state index contributed by atoms with van der Waals surface area (Å²) in [7, 11) is 1.70. The Hall–Kier alpha value is -1.92. The third-order valence-electron chi connectivity index (χ3n) is 4.79. The molecular formula is C25H28BrCl2NO3. The minimum atomic E-state index is 0. The second kappa shape index (κ2) is 13.6. The summed E-state index contributed by atoms with van der Waals surface area (Å²) in [5, 5.41) is 4.18. The molecule has 0 bridgehead atoms. The van der Waals surface area contributed by atoms with E-state index >= 15 is 0 Å². The first-order chi connectivity index (χ1) is 15.1. The second-order valence-electron chi connectivity index (χ2n) is 6.96. The molecule has 32 heavy (non-hydrogen) atoms. The molecule has 0 unspecified atom stereocenters. The molecule has 1 N–H and O–H groups in total. The van der Waals surface area contributed by atoms with E-state index in [1.165, 1.54) is 5.56 Å². The lowest BCUT2D eigenvalue weighted by atomic mass is 10.1. The van der Waals surface area contributed by atoms with Crippen LogP contribution in [0.3, 0.4) is 0 Å². The fraction of sp³-hybridized carbons (Fsp3) is 0.280. The van der Waals surface area contributed by atoms with Crippen molar-refractivity contribution >= 4 is 39.9 Å². The van der Waals surface area contributed by atoms with Crippen LogP contribution in [0.5, 0.6) is 17.2 Å². The van der Waals surface area contributed by atoms with Crippen molar-refractivity contribution < 1.29 is 14.2 Å². The van der Waals surface area contributed by atoms with Crippen LogP contribution in [0.4, 0.5) is 0 Å². The third kappa shape index (κ3) is 7.31. The van der Waals surface area contributed by atoms with E-state index in [1.54, 1.807) is 7.11 Å². The summed E-state index contributed by atoms with van der Waals surface area (Å²) in [4.78, 5) is 0. The number of halogens is 3. The van der Waals surface area contributed by atoms with Gasteiger partial charge in [-0.1, -0.05) is 48.0 Å². The quantitative estimate of drug-likeness (QED) is 0.270. The molecule has 7 heteroatoms. The highest BCUT2D eigenvalue weighted by atomic mass is 79.9. The van der Waals surface area contributed by atoms with E-state index in [2.05, 4.69) is 33.4 Å². The number of ether oxygens (including phenoxy) is 3. The van der Waals surface area contributed by atoms with Crippen LogP contribution in [-0.4, -0.2) is 20.3 Å². The molecule has 0 saturated heterocycles. The average Bonchev–Trinajstić information content (AvgIpc) is 2.77. The molecule has 172 valence electrons. The van der Waals surface area contributed by atoms with Crippen LogP contribution in [0.25, 0.3) is 0 Å². The highest BCUT2D eigenvalue weighted by Crippen LogP contribution is 2.37. The highest BCUT2D eigenvalue weighted by molar-refractivity contribution is 9.10. The Balaban J connectivity index is 0.00000363. The van der Waals surface area contributed by atoms with E-state index in [-0.39, 0.29) is 12.4 Å². The lowest BCUT2D eigenvalue weighted by Gasteiger charge is -2.16. The van der Waals surface area contributed by atoms with E-state index in [1.807, 2.05) is 55.5 Å². The van der Waals surface area contributed by atoms with Gasteiger partial charge in [-0.05, 0) is 71.2 Å². The molecule has 0 aliphatic carbocycles. The summed E-state index contributed by atoms with van der Waals surface area (Å²) in [6, 6.07) is 19.8. The molecule has 0 saturated carbocycles. The van der Waals surface area contributed by atoms with Crippen LogP contribution in [0, 0.1) is 0 Å². The minimum absolute atomic E-state index is 0. The van der Waals surface area contributed by atoms with Gasteiger partial charge in [-0.25, -0.2) is 0 Å². The Morgan fingerprint density at radius 3 is 2.38 bits per heavy atom. The van der Waals surface area contributed by atoms with Crippen LogP contribution >= 0.6 is 39.9 Å². The monoisotopic (exact) mass is 539 g/mol. The minimum Gasteiger partial charge on any atom is -0.496 e. The third-order valence-corrected chi connectivity index (χ3v) is 5.75. The summed E-state index contributed by atoms with van der Waals surface area (Å²) < 4.78 is 18.2. The first kappa shape index (κ1) is 26.3. The fourth-order valence-corrected chi connectivity index (χ4v) is 4.05. The number of hydrogen-bond donors (Lipinski definition) is 1. The largest absolute Gasteiger partial charge is 0.496 e. The molecule has 3 aromatic carbocycles. The van der Waals surface area contributed by atoms with E-state index in [0.29, 0.717) is 29.7 Å². The number of methoxy groups -OCH3 is 1. The van der Waals surface area contributed by atoms with Crippen molar-refractivity contribution in [2.75, 3.05) is 20.3 Å². The lowest BCUT2D eigenvalue weighted by molar-refractivity contribution is 0.267. The molecule has 0 radical (unpaired) electrons. The Kier molecular flexibility index (Phi) is 11.2. The molecule has 0 aliphatic rings. The molecule has 0 fully saturated rings. The van der Waals surface area contributed by atoms with Crippen molar-refractivity contribution in [2.24, 2.45) is 0 Å². The van der Waals surface area contributed by atoms with Gasteiger partial charge in [-0.3, -0.25) is 0 Å². The van der Waals surface area contributed by atoms with Crippen molar-refractivity contribution in [3.8, 4) is 17.2 Å². The molecule has 0 spiro atoms. The molecule has 4 nitrogen and oxygen atoms in total. The maximum atomic E-state index is 6.25. The van der Waals surface area contributed by atoms with Crippen molar-refractivity contribution in [1.29, 1.82) is 0 Å². The smallest absolute Gasteiger partial charge is 0.175 e. The van der Waals surface area contributed by atoms with Gasteiger partial charge in [0.2, 0.25) is 0 Å². The van der Waals surface area contributed by atoms with Crippen LogP contribution < -0.4 is 19.5 Å². The second-order valence-corrected chi connectivity index (χ2v) is 8.22. The number of hydrogen-bond acceptors (Lipinski definition) is 4. The van der Waals surface area contributed by atoms with Gasteiger partial charge in [0.05, 0.1) is 18.2 Å². The summed E-state index contributed by atoms with van der Waals surface area (Å²) in [5.41, 5.74) is 3.23. The normalized spacial score (nSPS) is 10.4. The number of rotatable bonds is 11. The van der Waals surface area contributed by atoms with Crippen LogP contribution in [-0.2, 0) is 19.6 Å². The first-order valence-corrected chi connectivity index (χ1v) is 11.4. The number of nitrogens with one attached hydrogen (secondary N) is 1. The molecule has 0 amide bonds. The summed E-state index contributed by atoms with van der Waals surface area (Å²) in [6.07, 6.45) is 0.891. The summed E-state index contributed by atoms with van der Waals surface area (Å²) in [6.45, 7) is 4.45. The lowest BCUT2D eigenvalue weighted by Crippen LogP contribution is -2.17. The summed E-state index contributed by atoms with van der Waals surface area (Å²) >= 11 is 9.89. The SMILES string of the molecule is CCOc1cc(CNCCc2ccccc2OC)cc(Br)c1OCc1ccccc1Cl.Cl. The van der Waals surface area contributed by atoms with Gasteiger partial charge in [0.15, 0.2) is 11.5 Å². The fourth-order valence-electron chi connectivity index (χ4n) is 3.26. The molecule has 0 aromatic heterocycles. The predicted molar refractivity (Wildman–Crippen MR) is 137 cm³/mol. The van der Waals surface area contributed by atoms with Crippen LogP contribution in [0.15, 0.2) is 65.1 Å². The van der Waals surface area contributed by atoms with E-state index in [9.17, 15) is 0 Å². The van der Waals surface area contributed by atoms with Crippen molar-refractivity contribution in [3.63, 3.8) is 0 Å². The zero-order valence-electron chi connectivity index (χ0n) is 18.2. The van der Waals surface area contributed by atoms with E-state index < -0.39 is 0 Å². The van der Waals surface area contributed by atoms with E-state index in [4.69, 9.17) is 25.8 Å². The first-order valence-electron chi connectivity index (χ1n) is 10.3. The maximum absolute atomic E-state index is 6.25. The Morgan fingerprint density at radius 1 is 0.938 bits per heavy atom. The Labute approximate surface area is 209 Å². The zero-order valence-corrected chi connectivity index (χ0v) is 21.4. The van der Waals surface area contributed by atoms with Gasteiger partial charge in [0.25, 0.3) is 0 Å². The molecule has 0 heterocycles. The number of para-hydroxylation sites is 1. The van der Waals surface area contributed by atoms with Gasteiger partial charge in [-0.15, -0.1) is 12.4 Å². The molecule has 0 aliphatic heterocycles. The van der Waals surface area contributed by atoms with Crippen molar-refractivity contribution in [1.82, 2.24) is 5.32 Å². The van der Waals surface area contributed by atoms with Gasteiger partial charge >= 0.3 is 0 Å². The zero-order chi connectivity index (χ0) is 22.1. The van der Waals surface area contributed by atoms with Gasteiger partial charge in [0, 0.05) is 17.1 Å². The number of benzene rings is 3. The van der Waals surface area contributed by atoms with Gasteiger partial charge in [0.1, 0.15) is 12.4 Å². The molecule has 0 atom stereocenters. The predicted octanol–water partition coefficient (Wildman–Crippen LogP) is 6.84. The Bertz CT molecular complexity index is 1000. The van der Waals surface area contributed by atoms with Crippen molar-refractivity contribution in [2.45, 2.75) is 26.5 Å². The van der Waals surface area contributed by atoms with Crippen molar-refractivity contribution in [3.05, 3.63) is 86.8 Å². The van der Waals surface area contributed by atoms with Crippen LogP contribution in [0.2, 0.25) is 5.02 Å². The Morgan fingerprint density at radius 2 is 1.66 bits per heavy atom. The molecular weight excluding hydrogens is 513 g/mol. The standard InChI is InChI=1S/C25H27BrClNO3.ClH/c1-3-30-24-15-18(16-28-13-12-19-8-5-7-11-23(19)29-2)14-21(26)25(24)31-17-20-9-4-6-10-22(20)27;/h4-11,14-15,28H,3,12-13,16-17H2,1-2H3;1H. The maximum Gasteiger partial charge on any atom is 0.175 e. The average molecular weight is 541 g/mol. The van der Waals surface area contributed by atoms with Crippen LogP contribution in [0.1, 0.15) is 23.6 Å².